The lowest BCUT2D eigenvalue weighted by Crippen LogP contribution is -2.23. The van der Waals surface area contributed by atoms with Gasteiger partial charge in [-0.3, -0.25) is 4.79 Å². The van der Waals surface area contributed by atoms with Gasteiger partial charge in [-0.05, 0) is 19.4 Å². The van der Waals surface area contributed by atoms with Crippen LogP contribution in [0.3, 0.4) is 0 Å². The maximum Gasteiger partial charge on any atom is 0.306 e. The highest BCUT2D eigenvalue weighted by Gasteiger charge is 2.17. The number of rotatable bonds is 6. The summed E-state index contributed by atoms with van der Waals surface area (Å²) >= 11 is 1.71. The maximum absolute atomic E-state index is 11.1. The second kappa shape index (κ2) is 7.44. The maximum atomic E-state index is 11.1. The smallest absolute Gasteiger partial charge is 0.306 e. The number of carbonyl (C=O) groups is 1. The number of carbonyl (C=O) groups excluding carboxylic acids is 1. The SMILES string of the molecule is COC(=O)CCSC(c1ccc(C)cc1)C(C)N. The summed E-state index contributed by atoms with van der Waals surface area (Å²) in [6.07, 6.45) is 0.427. The van der Waals surface area contributed by atoms with Crippen LogP contribution in [0, 0.1) is 6.92 Å². The molecule has 0 aliphatic carbocycles. The summed E-state index contributed by atoms with van der Waals surface area (Å²) in [6.45, 7) is 4.06. The highest BCUT2D eigenvalue weighted by atomic mass is 32.2. The fourth-order valence-electron chi connectivity index (χ4n) is 1.68. The molecule has 2 N–H and O–H groups in total. The summed E-state index contributed by atoms with van der Waals surface area (Å²) < 4.78 is 4.63. The molecular weight excluding hydrogens is 246 g/mol. The van der Waals surface area contributed by atoms with Crippen LogP contribution in [0.4, 0.5) is 0 Å². The third-order valence-electron chi connectivity index (χ3n) is 2.71. The molecule has 2 atom stereocenters. The molecule has 1 aromatic rings. The van der Waals surface area contributed by atoms with Crippen LogP contribution in [0.5, 0.6) is 0 Å². The highest BCUT2D eigenvalue weighted by molar-refractivity contribution is 7.99. The Morgan fingerprint density at radius 1 is 1.39 bits per heavy atom. The number of methoxy groups -OCH3 is 1. The van der Waals surface area contributed by atoms with Crippen molar-refractivity contribution in [2.24, 2.45) is 5.73 Å². The molecule has 0 heterocycles. The molecule has 0 aromatic heterocycles. The molecule has 0 amide bonds. The predicted octanol–water partition coefficient (Wildman–Crippen LogP) is 2.68. The minimum absolute atomic E-state index is 0.0513. The average molecular weight is 267 g/mol. The van der Waals surface area contributed by atoms with E-state index in [9.17, 15) is 4.79 Å². The molecule has 0 radical (unpaired) electrons. The molecule has 1 rings (SSSR count). The Hall–Kier alpha value is -1.00. The molecule has 0 saturated heterocycles. The van der Waals surface area contributed by atoms with Gasteiger partial charge >= 0.3 is 5.97 Å². The quantitative estimate of drug-likeness (QED) is 0.805. The summed E-state index contributed by atoms with van der Waals surface area (Å²) in [5, 5.41) is 0.218. The number of hydrogen-bond acceptors (Lipinski definition) is 4. The lowest BCUT2D eigenvalue weighted by molar-refractivity contribution is -0.140. The Morgan fingerprint density at radius 2 is 2.00 bits per heavy atom. The molecule has 0 aliphatic rings. The zero-order chi connectivity index (χ0) is 13.5. The summed E-state index contributed by atoms with van der Waals surface area (Å²) in [4.78, 5) is 11.1. The Balaban J connectivity index is 2.60. The van der Waals surface area contributed by atoms with Gasteiger partial charge in [-0.2, -0.15) is 11.8 Å². The topological polar surface area (TPSA) is 52.3 Å². The van der Waals surface area contributed by atoms with Crippen molar-refractivity contribution in [3.05, 3.63) is 35.4 Å². The van der Waals surface area contributed by atoms with E-state index in [2.05, 4.69) is 35.9 Å². The van der Waals surface area contributed by atoms with Gasteiger partial charge in [0.25, 0.3) is 0 Å². The third kappa shape index (κ3) is 4.70. The molecular formula is C14H21NO2S. The zero-order valence-electron chi connectivity index (χ0n) is 11.2. The lowest BCUT2D eigenvalue weighted by Gasteiger charge is -2.20. The van der Waals surface area contributed by atoms with Gasteiger partial charge in [-0.25, -0.2) is 0 Å². The van der Waals surface area contributed by atoms with Gasteiger partial charge in [0.2, 0.25) is 0 Å². The molecule has 0 saturated carbocycles. The van der Waals surface area contributed by atoms with Gasteiger partial charge in [-0.1, -0.05) is 29.8 Å². The van der Waals surface area contributed by atoms with Gasteiger partial charge in [0.1, 0.15) is 0 Å². The Morgan fingerprint density at radius 3 is 2.50 bits per heavy atom. The number of hydrogen-bond donors (Lipinski definition) is 1. The summed E-state index contributed by atoms with van der Waals surface area (Å²) in [5.74, 6) is 0.557. The van der Waals surface area contributed by atoms with Crippen LogP contribution in [0.15, 0.2) is 24.3 Å². The molecule has 0 spiro atoms. The van der Waals surface area contributed by atoms with Crippen LogP contribution in [-0.4, -0.2) is 24.9 Å². The van der Waals surface area contributed by atoms with E-state index < -0.39 is 0 Å². The Kier molecular flexibility index (Phi) is 6.22. The van der Waals surface area contributed by atoms with Crippen LogP contribution >= 0.6 is 11.8 Å². The largest absolute Gasteiger partial charge is 0.469 e. The third-order valence-corrected chi connectivity index (χ3v) is 4.22. The van der Waals surface area contributed by atoms with Crippen molar-refractivity contribution in [1.82, 2.24) is 0 Å². The predicted molar refractivity (Wildman–Crippen MR) is 76.7 cm³/mol. The normalized spacial score (nSPS) is 14.0. The van der Waals surface area contributed by atoms with Crippen molar-refractivity contribution in [3.8, 4) is 0 Å². The van der Waals surface area contributed by atoms with Gasteiger partial charge in [0.05, 0.1) is 13.5 Å². The van der Waals surface area contributed by atoms with Crippen molar-refractivity contribution >= 4 is 17.7 Å². The van der Waals surface area contributed by atoms with Gasteiger partial charge < -0.3 is 10.5 Å². The van der Waals surface area contributed by atoms with Crippen molar-refractivity contribution in [2.75, 3.05) is 12.9 Å². The molecule has 0 aliphatic heterocycles. The lowest BCUT2D eigenvalue weighted by atomic mass is 10.1. The van der Waals surface area contributed by atoms with E-state index in [4.69, 9.17) is 5.73 Å². The zero-order valence-corrected chi connectivity index (χ0v) is 12.0. The van der Waals surface area contributed by atoms with Crippen LogP contribution in [0.2, 0.25) is 0 Å². The number of thioether (sulfide) groups is 1. The molecule has 1 aromatic carbocycles. The fraction of sp³-hybridized carbons (Fsp3) is 0.500. The highest BCUT2D eigenvalue weighted by Crippen LogP contribution is 2.31. The van der Waals surface area contributed by atoms with Gasteiger partial charge in [0.15, 0.2) is 0 Å². The minimum atomic E-state index is -0.171. The fourth-order valence-corrected chi connectivity index (χ4v) is 2.87. The van der Waals surface area contributed by atoms with Gasteiger partial charge in [-0.15, -0.1) is 0 Å². The van der Waals surface area contributed by atoms with Crippen molar-refractivity contribution in [1.29, 1.82) is 0 Å². The van der Waals surface area contributed by atoms with Crippen LogP contribution in [0.25, 0.3) is 0 Å². The average Bonchev–Trinajstić information content (AvgIpc) is 2.35. The molecule has 100 valence electrons. The number of nitrogens with two attached hydrogens (primary N) is 1. The number of esters is 1. The van der Waals surface area contributed by atoms with E-state index >= 15 is 0 Å². The molecule has 0 fully saturated rings. The molecule has 0 bridgehead atoms. The first-order valence-corrected chi connectivity index (χ1v) is 7.10. The number of ether oxygens (including phenoxy) is 1. The van der Waals surface area contributed by atoms with E-state index in [0.717, 1.165) is 5.75 Å². The van der Waals surface area contributed by atoms with Gasteiger partial charge in [0, 0.05) is 17.0 Å². The van der Waals surface area contributed by atoms with E-state index in [0.29, 0.717) is 6.42 Å². The molecule has 18 heavy (non-hydrogen) atoms. The van der Waals surface area contributed by atoms with Crippen LogP contribution in [0.1, 0.15) is 29.7 Å². The second-order valence-corrected chi connectivity index (χ2v) is 5.64. The first-order chi connectivity index (χ1) is 8.54. The Labute approximate surface area is 113 Å². The van der Waals surface area contributed by atoms with E-state index in [1.807, 2.05) is 6.92 Å². The molecule has 4 heteroatoms. The summed E-state index contributed by atoms with van der Waals surface area (Å²) in [7, 11) is 1.41. The van der Waals surface area contributed by atoms with Crippen molar-refractivity contribution < 1.29 is 9.53 Å². The Bertz CT molecular complexity index is 376. The van der Waals surface area contributed by atoms with Crippen molar-refractivity contribution in [3.63, 3.8) is 0 Å². The van der Waals surface area contributed by atoms with Crippen LogP contribution in [-0.2, 0) is 9.53 Å². The van der Waals surface area contributed by atoms with E-state index in [1.165, 1.54) is 18.2 Å². The summed E-state index contributed by atoms with van der Waals surface area (Å²) in [5.41, 5.74) is 8.47. The van der Waals surface area contributed by atoms with E-state index in [1.54, 1.807) is 11.8 Å². The number of aryl methyl sites for hydroxylation is 1. The summed E-state index contributed by atoms with van der Waals surface area (Å²) in [6, 6.07) is 8.44. The minimum Gasteiger partial charge on any atom is -0.469 e. The standard InChI is InChI=1S/C14H21NO2S/c1-10-4-6-12(7-5-10)14(11(2)15)18-9-8-13(16)17-3/h4-7,11,14H,8-9,15H2,1-3H3. The molecule has 3 nitrogen and oxygen atoms in total. The molecule has 2 unspecified atom stereocenters. The van der Waals surface area contributed by atoms with E-state index in [-0.39, 0.29) is 17.3 Å². The van der Waals surface area contributed by atoms with Crippen LogP contribution < -0.4 is 5.73 Å². The second-order valence-electron chi connectivity index (χ2n) is 4.39. The monoisotopic (exact) mass is 267 g/mol. The first kappa shape index (κ1) is 15.1. The number of benzene rings is 1. The first-order valence-electron chi connectivity index (χ1n) is 6.05. The van der Waals surface area contributed by atoms with Crippen molar-refractivity contribution in [2.45, 2.75) is 31.6 Å².